The fraction of sp³-hybridized carbons (Fsp3) is 0.111. The monoisotopic (exact) mass is 372 g/mol. The largest absolute Gasteiger partial charge is 0.488 e. The average molecular weight is 373 g/mol. The molecule has 0 N–H and O–H groups in total. The summed E-state index contributed by atoms with van der Waals surface area (Å²) in [5, 5.41) is 0. The van der Waals surface area contributed by atoms with Crippen molar-refractivity contribution in [1.82, 2.24) is 0 Å². The van der Waals surface area contributed by atoms with Crippen molar-refractivity contribution in [2.75, 3.05) is 13.2 Å². The lowest BCUT2D eigenvalue weighted by Gasteiger charge is -2.16. The Bertz CT molecular complexity index is 778. The van der Waals surface area contributed by atoms with Gasteiger partial charge in [0.25, 0.3) is 0 Å². The average Bonchev–Trinajstić information content (AvgIpc) is 2.59. The molecule has 23 heavy (non-hydrogen) atoms. The summed E-state index contributed by atoms with van der Waals surface area (Å²) in [6.07, 6.45) is 1.73. The van der Waals surface area contributed by atoms with Gasteiger partial charge in [-0.2, -0.15) is 0 Å². The maximum atomic E-state index is 12.1. The van der Waals surface area contributed by atoms with Crippen LogP contribution in [0.4, 0.5) is 0 Å². The summed E-state index contributed by atoms with van der Waals surface area (Å²) in [5.41, 5.74) is 1.72. The van der Waals surface area contributed by atoms with Gasteiger partial charge in [0.2, 0.25) is 0 Å². The fourth-order valence-electron chi connectivity index (χ4n) is 2.18. The number of halogens is 1. The van der Waals surface area contributed by atoms with Gasteiger partial charge in [-0.1, -0.05) is 46.3 Å². The Hall–Kier alpha value is -2.40. The maximum Gasteiger partial charge on any atom is 0.337 e. The number of carbonyl (C=O) groups is 2. The molecule has 0 atom stereocenters. The molecule has 0 aliphatic carbocycles. The Morgan fingerprint density at radius 3 is 2.61 bits per heavy atom. The van der Waals surface area contributed by atoms with Crippen molar-refractivity contribution in [2.24, 2.45) is 0 Å². The SMILES string of the molecule is O=C(OCC(=O)c1ccc(Br)cc1)C1=Cc2ccccc2OC1. The normalized spacial score (nSPS) is 12.7. The first-order chi connectivity index (χ1) is 11.1. The molecule has 5 heteroatoms. The number of esters is 1. The molecular formula is C18H13BrO4. The van der Waals surface area contributed by atoms with E-state index in [-0.39, 0.29) is 19.0 Å². The van der Waals surface area contributed by atoms with Gasteiger partial charge in [-0.25, -0.2) is 4.79 Å². The van der Waals surface area contributed by atoms with Crippen molar-refractivity contribution in [2.45, 2.75) is 0 Å². The third-order valence-corrected chi connectivity index (χ3v) is 3.92. The van der Waals surface area contributed by atoms with Crippen LogP contribution in [0.2, 0.25) is 0 Å². The van der Waals surface area contributed by atoms with Crippen LogP contribution in [0.15, 0.2) is 58.6 Å². The van der Waals surface area contributed by atoms with E-state index in [1.807, 2.05) is 24.3 Å². The molecule has 0 saturated carbocycles. The molecule has 1 aliphatic rings. The van der Waals surface area contributed by atoms with Crippen molar-refractivity contribution >= 4 is 33.8 Å². The molecular weight excluding hydrogens is 360 g/mol. The van der Waals surface area contributed by atoms with Crippen molar-refractivity contribution < 1.29 is 19.1 Å². The summed E-state index contributed by atoms with van der Waals surface area (Å²) in [6, 6.07) is 14.3. The predicted molar refractivity (Wildman–Crippen MR) is 89.3 cm³/mol. The minimum atomic E-state index is -0.537. The van der Waals surface area contributed by atoms with E-state index in [9.17, 15) is 9.59 Å². The molecule has 0 amide bonds. The van der Waals surface area contributed by atoms with Gasteiger partial charge in [0, 0.05) is 15.6 Å². The molecule has 0 saturated heterocycles. The van der Waals surface area contributed by atoms with Gasteiger partial charge in [-0.05, 0) is 24.3 Å². The number of carbonyl (C=O) groups excluding carboxylic acids is 2. The molecule has 0 radical (unpaired) electrons. The van der Waals surface area contributed by atoms with Crippen LogP contribution in [0.1, 0.15) is 15.9 Å². The van der Waals surface area contributed by atoms with Crippen LogP contribution in [0.3, 0.4) is 0 Å². The Balaban J connectivity index is 1.63. The number of benzene rings is 2. The highest BCUT2D eigenvalue weighted by atomic mass is 79.9. The number of para-hydroxylation sites is 1. The molecule has 4 nitrogen and oxygen atoms in total. The topological polar surface area (TPSA) is 52.6 Å². The standard InChI is InChI=1S/C18H13BrO4/c19-15-7-5-12(6-8-15)16(20)11-23-18(21)14-9-13-3-1-2-4-17(13)22-10-14/h1-9H,10-11H2. The number of hydrogen-bond acceptors (Lipinski definition) is 4. The van der Waals surface area contributed by atoms with Gasteiger partial charge in [0.05, 0.1) is 5.57 Å². The van der Waals surface area contributed by atoms with Crippen molar-refractivity contribution in [1.29, 1.82) is 0 Å². The second-order valence-electron chi connectivity index (χ2n) is 5.00. The first-order valence-electron chi connectivity index (χ1n) is 7.02. The Morgan fingerprint density at radius 2 is 1.83 bits per heavy atom. The van der Waals surface area contributed by atoms with Crippen molar-refractivity contribution in [3.8, 4) is 5.75 Å². The number of hydrogen-bond donors (Lipinski definition) is 0. The van der Waals surface area contributed by atoms with Crippen LogP contribution in [-0.4, -0.2) is 25.0 Å². The lowest BCUT2D eigenvalue weighted by Crippen LogP contribution is -2.20. The van der Waals surface area contributed by atoms with Gasteiger partial charge in [0.15, 0.2) is 12.4 Å². The smallest absolute Gasteiger partial charge is 0.337 e. The Labute approximate surface area is 141 Å². The Kier molecular flexibility index (Phi) is 4.57. The molecule has 0 aromatic heterocycles. The van der Waals surface area contributed by atoms with Crippen molar-refractivity contribution in [3.63, 3.8) is 0 Å². The maximum absolute atomic E-state index is 12.1. The van der Waals surface area contributed by atoms with E-state index in [2.05, 4.69) is 15.9 Å². The zero-order chi connectivity index (χ0) is 16.2. The third-order valence-electron chi connectivity index (χ3n) is 3.39. The van der Waals surface area contributed by atoms with Gasteiger partial charge < -0.3 is 9.47 Å². The third kappa shape index (κ3) is 3.68. The van der Waals surface area contributed by atoms with E-state index in [1.165, 1.54) is 0 Å². The molecule has 0 fully saturated rings. The molecule has 2 aromatic carbocycles. The van der Waals surface area contributed by atoms with Gasteiger partial charge >= 0.3 is 5.97 Å². The second-order valence-corrected chi connectivity index (χ2v) is 5.92. The quantitative estimate of drug-likeness (QED) is 0.607. The van der Waals surface area contributed by atoms with E-state index in [1.54, 1.807) is 30.3 Å². The zero-order valence-corrected chi connectivity index (χ0v) is 13.7. The molecule has 0 bridgehead atoms. The van der Waals surface area contributed by atoms with Crippen LogP contribution >= 0.6 is 15.9 Å². The highest BCUT2D eigenvalue weighted by molar-refractivity contribution is 9.10. The van der Waals surface area contributed by atoms with E-state index in [4.69, 9.17) is 9.47 Å². The minimum absolute atomic E-state index is 0.141. The van der Waals surface area contributed by atoms with Gasteiger partial charge in [0.1, 0.15) is 12.4 Å². The number of rotatable bonds is 4. The second kappa shape index (κ2) is 6.79. The first kappa shape index (κ1) is 15.5. The summed E-state index contributed by atoms with van der Waals surface area (Å²) < 4.78 is 11.5. The molecule has 3 rings (SSSR count). The Morgan fingerprint density at radius 1 is 1.09 bits per heavy atom. The number of ketones is 1. The van der Waals surface area contributed by atoms with E-state index >= 15 is 0 Å². The fourth-order valence-corrected chi connectivity index (χ4v) is 2.44. The zero-order valence-electron chi connectivity index (χ0n) is 12.1. The number of fused-ring (bicyclic) bond motifs is 1. The van der Waals surface area contributed by atoms with Crippen LogP contribution in [0.5, 0.6) is 5.75 Å². The molecule has 1 aliphatic heterocycles. The molecule has 0 spiro atoms. The lowest BCUT2D eigenvalue weighted by atomic mass is 10.1. The summed E-state index contributed by atoms with van der Waals surface area (Å²) in [7, 11) is 0. The summed E-state index contributed by atoms with van der Waals surface area (Å²) in [6.45, 7) is -0.151. The summed E-state index contributed by atoms with van der Waals surface area (Å²) in [4.78, 5) is 24.1. The molecule has 1 heterocycles. The predicted octanol–water partition coefficient (Wildman–Crippen LogP) is 3.65. The van der Waals surface area contributed by atoms with Crippen LogP contribution in [0, 0.1) is 0 Å². The van der Waals surface area contributed by atoms with Crippen LogP contribution in [0.25, 0.3) is 6.08 Å². The van der Waals surface area contributed by atoms with Crippen LogP contribution in [-0.2, 0) is 9.53 Å². The summed E-state index contributed by atoms with van der Waals surface area (Å²) >= 11 is 3.30. The first-order valence-corrected chi connectivity index (χ1v) is 7.81. The molecule has 0 unspecified atom stereocenters. The van der Waals surface area contributed by atoms with E-state index in [0.717, 1.165) is 15.8 Å². The highest BCUT2D eigenvalue weighted by Crippen LogP contribution is 2.26. The summed E-state index contributed by atoms with van der Waals surface area (Å²) in [5.74, 6) is -0.0523. The lowest BCUT2D eigenvalue weighted by molar-refractivity contribution is -0.138. The highest BCUT2D eigenvalue weighted by Gasteiger charge is 2.19. The van der Waals surface area contributed by atoms with E-state index in [0.29, 0.717) is 11.1 Å². The number of Topliss-reactive ketones (excluding diaryl/α,β-unsaturated/α-hetero) is 1. The molecule has 2 aromatic rings. The van der Waals surface area contributed by atoms with Gasteiger partial charge in [-0.15, -0.1) is 0 Å². The molecule has 116 valence electrons. The van der Waals surface area contributed by atoms with E-state index < -0.39 is 5.97 Å². The van der Waals surface area contributed by atoms with Gasteiger partial charge in [-0.3, -0.25) is 4.79 Å². The van der Waals surface area contributed by atoms with Crippen LogP contribution < -0.4 is 4.74 Å². The number of ether oxygens (including phenoxy) is 2. The minimum Gasteiger partial charge on any atom is -0.488 e. The van der Waals surface area contributed by atoms with Crippen molar-refractivity contribution in [3.05, 3.63) is 69.7 Å².